The minimum Gasteiger partial charge on any atom is -0.349 e. The van der Waals surface area contributed by atoms with E-state index in [1.165, 1.54) is 5.56 Å². The van der Waals surface area contributed by atoms with E-state index in [0.29, 0.717) is 18.8 Å². The maximum Gasteiger partial charge on any atom is 0.240 e. The van der Waals surface area contributed by atoms with Gasteiger partial charge in [-0.25, -0.2) is 0 Å². The van der Waals surface area contributed by atoms with Gasteiger partial charge in [-0.15, -0.1) is 0 Å². The van der Waals surface area contributed by atoms with Gasteiger partial charge in [0.25, 0.3) is 0 Å². The fourth-order valence-electron chi connectivity index (χ4n) is 3.04. The van der Waals surface area contributed by atoms with Gasteiger partial charge in [-0.2, -0.15) is 0 Å². The molecule has 0 bridgehead atoms. The lowest BCUT2D eigenvalue weighted by molar-refractivity contribution is -0.134. The summed E-state index contributed by atoms with van der Waals surface area (Å²) < 4.78 is 0. The lowest BCUT2D eigenvalue weighted by Gasteiger charge is -2.20. The molecule has 0 radical (unpaired) electrons. The highest BCUT2D eigenvalue weighted by Crippen LogP contribution is 2.47. The van der Waals surface area contributed by atoms with Crippen LogP contribution in [0.25, 0.3) is 0 Å². The van der Waals surface area contributed by atoms with E-state index in [2.05, 4.69) is 24.5 Å². The van der Waals surface area contributed by atoms with Crippen molar-refractivity contribution >= 4 is 17.5 Å². The monoisotopic (exact) mass is 350 g/mol. The summed E-state index contributed by atoms with van der Waals surface area (Å²) in [6.07, 6.45) is 1.19. The van der Waals surface area contributed by atoms with Crippen molar-refractivity contribution in [1.82, 2.24) is 5.32 Å². The zero-order valence-corrected chi connectivity index (χ0v) is 15.6. The highest BCUT2D eigenvalue weighted by Gasteiger charge is 2.56. The molecule has 1 aliphatic rings. The molecule has 2 aromatic rings. The molecule has 3 rings (SSSR count). The van der Waals surface area contributed by atoms with Gasteiger partial charge in [-0.3, -0.25) is 9.59 Å². The van der Waals surface area contributed by atoms with Crippen molar-refractivity contribution < 1.29 is 9.59 Å². The third-order valence-corrected chi connectivity index (χ3v) is 5.10. The molecule has 2 amide bonds. The van der Waals surface area contributed by atoms with E-state index >= 15 is 0 Å². The summed E-state index contributed by atoms with van der Waals surface area (Å²) in [6.45, 7) is 6.20. The summed E-state index contributed by atoms with van der Waals surface area (Å²) in [5.41, 5.74) is 2.05. The van der Waals surface area contributed by atoms with Crippen LogP contribution in [0, 0.1) is 5.41 Å². The van der Waals surface area contributed by atoms with E-state index in [4.69, 9.17) is 0 Å². The number of carbonyl (C=O) groups excluding carboxylic acids is 2. The Kier molecular flexibility index (Phi) is 5.12. The molecule has 136 valence electrons. The molecule has 0 heterocycles. The summed E-state index contributed by atoms with van der Waals surface area (Å²) in [5.74, 6) is 0.0393. The highest BCUT2D eigenvalue weighted by atomic mass is 16.2. The molecule has 1 fully saturated rings. The maximum absolute atomic E-state index is 12.7. The SMILES string of the molecule is CC(C)c1ccc(NC(=O)C2(C(=O)NC(C)c3ccccc3)CC2)cc1. The standard InChI is InChI=1S/C22H26N2O2/c1-15(2)17-9-11-19(12-10-17)24-21(26)22(13-14-22)20(25)23-16(3)18-7-5-4-6-8-18/h4-12,15-16H,13-14H2,1-3H3,(H,23,25)(H,24,26). The molecular formula is C22H26N2O2. The van der Waals surface area contributed by atoms with Crippen molar-refractivity contribution in [3.8, 4) is 0 Å². The topological polar surface area (TPSA) is 58.2 Å². The molecule has 0 aromatic heterocycles. The number of hydrogen-bond donors (Lipinski definition) is 2. The largest absolute Gasteiger partial charge is 0.349 e. The normalized spacial score (nSPS) is 16.0. The number of hydrogen-bond acceptors (Lipinski definition) is 2. The molecule has 1 atom stereocenters. The van der Waals surface area contributed by atoms with Crippen LogP contribution < -0.4 is 10.6 Å². The summed E-state index contributed by atoms with van der Waals surface area (Å²) in [5, 5.41) is 5.89. The second kappa shape index (κ2) is 7.32. The molecule has 0 aliphatic heterocycles. The molecule has 2 aromatic carbocycles. The lowest BCUT2D eigenvalue weighted by atomic mass is 10.0. The van der Waals surface area contributed by atoms with E-state index in [-0.39, 0.29) is 17.9 Å². The predicted octanol–water partition coefficient (Wildman–Crippen LogP) is 4.41. The van der Waals surface area contributed by atoms with Gasteiger partial charge in [0.2, 0.25) is 11.8 Å². The average Bonchev–Trinajstić information content (AvgIpc) is 3.45. The van der Waals surface area contributed by atoms with Gasteiger partial charge in [0.15, 0.2) is 0 Å². The van der Waals surface area contributed by atoms with E-state index in [0.717, 1.165) is 11.3 Å². The first-order valence-electron chi connectivity index (χ1n) is 9.20. The third kappa shape index (κ3) is 3.79. The van der Waals surface area contributed by atoms with Crippen LogP contribution in [0.1, 0.15) is 56.7 Å². The first-order valence-corrected chi connectivity index (χ1v) is 9.20. The molecule has 2 N–H and O–H groups in total. The van der Waals surface area contributed by atoms with Crippen molar-refractivity contribution in [3.63, 3.8) is 0 Å². The van der Waals surface area contributed by atoms with Gasteiger partial charge in [0.1, 0.15) is 5.41 Å². The van der Waals surface area contributed by atoms with Gasteiger partial charge < -0.3 is 10.6 Å². The summed E-state index contributed by atoms with van der Waals surface area (Å²) in [4.78, 5) is 25.4. The third-order valence-electron chi connectivity index (χ3n) is 5.10. The molecule has 4 nitrogen and oxygen atoms in total. The Bertz CT molecular complexity index is 778. The van der Waals surface area contributed by atoms with Crippen molar-refractivity contribution in [3.05, 3.63) is 65.7 Å². The molecule has 1 saturated carbocycles. The molecule has 0 spiro atoms. The smallest absolute Gasteiger partial charge is 0.240 e. The van der Waals surface area contributed by atoms with E-state index in [1.807, 2.05) is 61.5 Å². The van der Waals surface area contributed by atoms with Crippen molar-refractivity contribution in [2.24, 2.45) is 5.41 Å². The Labute approximate surface area is 155 Å². The fourth-order valence-corrected chi connectivity index (χ4v) is 3.04. The number of anilines is 1. The second-order valence-electron chi connectivity index (χ2n) is 7.42. The van der Waals surface area contributed by atoms with Gasteiger partial charge in [0, 0.05) is 5.69 Å². The van der Waals surface area contributed by atoms with Crippen molar-refractivity contribution in [1.29, 1.82) is 0 Å². The van der Waals surface area contributed by atoms with Gasteiger partial charge in [0.05, 0.1) is 6.04 Å². The minimum atomic E-state index is -0.931. The maximum atomic E-state index is 12.7. The molecule has 26 heavy (non-hydrogen) atoms. The number of rotatable bonds is 6. The molecule has 1 aliphatic carbocycles. The van der Waals surface area contributed by atoms with Gasteiger partial charge in [-0.1, -0.05) is 56.3 Å². The number of carbonyl (C=O) groups is 2. The second-order valence-corrected chi connectivity index (χ2v) is 7.42. The van der Waals surface area contributed by atoms with E-state index in [9.17, 15) is 9.59 Å². The van der Waals surface area contributed by atoms with Crippen LogP contribution in [-0.4, -0.2) is 11.8 Å². The Morgan fingerprint density at radius 3 is 2.00 bits per heavy atom. The lowest BCUT2D eigenvalue weighted by Crippen LogP contribution is -2.41. The van der Waals surface area contributed by atoms with E-state index < -0.39 is 5.41 Å². The molecule has 4 heteroatoms. The Hall–Kier alpha value is -2.62. The number of amides is 2. The quantitative estimate of drug-likeness (QED) is 0.758. The minimum absolute atomic E-state index is 0.126. The summed E-state index contributed by atoms with van der Waals surface area (Å²) >= 11 is 0. The number of nitrogens with one attached hydrogen (secondary N) is 2. The zero-order chi connectivity index (χ0) is 18.7. The fraction of sp³-hybridized carbons (Fsp3) is 0.364. The van der Waals surface area contributed by atoms with Crippen LogP contribution in [0.3, 0.4) is 0 Å². The van der Waals surface area contributed by atoms with E-state index in [1.54, 1.807) is 0 Å². The van der Waals surface area contributed by atoms with Crippen LogP contribution in [0.15, 0.2) is 54.6 Å². The van der Waals surface area contributed by atoms with Crippen LogP contribution in [0.2, 0.25) is 0 Å². The predicted molar refractivity (Wildman–Crippen MR) is 104 cm³/mol. The first-order chi connectivity index (χ1) is 12.4. The molecular weight excluding hydrogens is 324 g/mol. The Balaban J connectivity index is 1.64. The Morgan fingerprint density at radius 1 is 0.846 bits per heavy atom. The van der Waals surface area contributed by atoms with Gasteiger partial charge in [-0.05, 0) is 48.9 Å². The van der Waals surface area contributed by atoms with Crippen LogP contribution >= 0.6 is 0 Å². The van der Waals surface area contributed by atoms with Crippen LogP contribution in [-0.2, 0) is 9.59 Å². The Morgan fingerprint density at radius 2 is 1.46 bits per heavy atom. The highest BCUT2D eigenvalue weighted by molar-refractivity contribution is 6.13. The summed E-state index contributed by atoms with van der Waals surface area (Å²) in [7, 11) is 0. The van der Waals surface area contributed by atoms with Crippen molar-refractivity contribution in [2.45, 2.75) is 45.6 Å². The summed E-state index contributed by atoms with van der Waals surface area (Å²) in [6, 6.07) is 17.5. The molecule has 0 saturated heterocycles. The molecule has 1 unspecified atom stereocenters. The average molecular weight is 350 g/mol. The van der Waals surface area contributed by atoms with Crippen LogP contribution in [0.5, 0.6) is 0 Å². The first kappa shape index (κ1) is 18.2. The zero-order valence-electron chi connectivity index (χ0n) is 15.6. The van der Waals surface area contributed by atoms with Crippen molar-refractivity contribution in [2.75, 3.05) is 5.32 Å². The van der Waals surface area contributed by atoms with Gasteiger partial charge >= 0.3 is 0 Å². The number of benzene rings is 2. The van der Waals surface area contributed by atoms with Crippen LogP contribution in [0.4, 0.5) is 5.69 Å².